The van der Waals surface area contributed by atoms with Crippen molar-refractivity contribution in [1.29, 1.82) is 0 Å². The summed E-state index contributed by atoms with van der Waals surface area (Å²) >= 11 is 0. The van der Waals surface area contributed by atoms with Crippen LogP contribution in [0.1, 0.15) is 27.6 Å². The van der Waals surface area contributed by atoms with E-state index in [0.717, 1.165) is 11.1 Å². The fourth-order valence-corrected chi connectivity index (χ4v) is 1.88. The largest absolute Gasteiger partial charge is 0.387 e. The molecule has 0 saturated heterocycles. The molecule has 0 aliphatic carbocycles. The molecule has 4 heteroatoms. The van der Waals surface area contributed by atoms with Gasteiger partial charge in [-0.05, 0) is 23.3 Å². The van der Waals surface area contributed by atoms with Crippen LogP contribution in [-0.4, -0.2) is 17.6 Å². The van der Waals surface area contributed by atoms with Crippen molar-refractivity contribution < 1.29 is 9.90 Å². The second-order valence-electron chi connectivity index (χ2n) is 4.54. The Bertz CT molecular complexity index is 552. The van der Waals surface area contributed by atoms with Crippen molar-refractivity contribution >= 4 is 5.91 Å². The van der Waals surface area contributed by atoms with E-state index in [9.17, 15) is 9.90 Å². The molecule has 104 valence electrons. The van der Waals surface area contributed by atoms with Crippen molar-refractivity contribution in [3.05, 3.63) is 71.3 Å². The number of aliphatic hydroxyl groups excluding tert-OH is 1. The number of carbonyl (C=O) groups excluding carboxylic acids is 1. The Morgan fingerprint density at radius 3 is 2.35 bits per heavy atom. The van der Waals surface area contributed by atoms with Crippen LogP contribution in [0.5, 0.6) is 0 Å². The average molecular weight is 270 g/mol. The van der Waals surface area contributed by atoms with Gasteiger partial charge >= 0.3 is 0 Å². The maximum atomic E-state index is 11.9. The summed E-state index contributed by atoms with van der Waals surface area (Å²) in [5.41, 5.74) is 7.82. The van der Waals surface area contributed by atoms with Gasteiger partial charge in [-0.3, -0.25) is 4.79 Å². The molecule has 0 fully saturated rings. The number of nitrogens with one attached hydrogen (secondary N) is 1. The smallest absolute Gasteiger partial charge is 0.251 e. The number of aliphatic hydroxyl groups is 1. The Morgan fingerprint density at radius 1 is 1.10 bits per heavy atom. The molecule has 1 unspecified atom stereocenters. The van der Waals surface area contributed by atoms with Gasteiger partial charge in [0, 0.05) is 18.7 Å². The van der Waals surface area contributed by atoms with Crippen LogP contribution < -0.4 is 11.1 Å². The quantitative estimate of drug-likeness (QED) is 0.772. The molecule has 2 aromatic rings. The van der Waals surface area contributed by atoms with E-state index in [1.807, 2.05) is 42.5 Å². The number of hydrogen-bond acceptors (Lipinski definition) is 3. The average Bonchev–Trinajstić information content (AvgIpc) is 2.53. The van der Waals surface area contributed by atoms with Gasteiger partial charge < -0.3 is 16.2 Å². The van der Waals surface area contributed by atoms with Crippen molar-refractivity contribution in [3.63, 3.8) is 0 Å². The van der Waals surface area contributed by atoms with Gasteiger partial charge in [0.2, 0.25) is 0 Å². The van der Waals surface area contributed by atoms with E-state index < -0.39 is 6.10 Å². The van der Waals surface area contributed by atoms with Gasteiger partial charge in [0.1, 0.15) is 0 Å². The minimum atomic E-state index is -0.705. The molecule has 4 nitrogen and oxygen atoms in total. The molecule has 0 aliphatic rings. The molecule has 0 spiro atoms. The number of nitrogens with two attached hydrogens (primary N) is 1. The third-order valence-corrected chi connectivity index (χ3v) is 3.09. The fourth-order valence-electron chi connectivity index (χ4n) is 1.88. The van der Waals surface area contributed by atoms with E-state index in [-0.39, 0.29) is 12.5 Å². The van der Waals surface area contributed by atoms with E-state index in [1.54, 1.807) is 12.1 Å². The summed E-state index contributed by atoms with van der Waals surface area (Å²) in [4.78, 5) is 11.9. The van der Waals surface area contributed by atoms with Crippen LogP contribution >= 0.6 is 0 Å². The molecule has 0 saturated carbocycles. The number of carbonyl (C=O) groups is 1. The van der Waals surface area contributed by atoms with Crippen molar-refractivity contribution in [2.75, 3.05) is 6.54 Å². The molecular weight excluding hydrogens is 252 g/mol. The molecule has 20 heavy (non-hydrogen) atoms. The molecular formula is C16H18N2O2. The van der Waals surface area contributed by atoms with Crippen LogP contribution in [0.15, 0.2) is 54.6 Å². The van der Waals surface area contributed by atoms with E-state index in [2.05, 4.69) is 5.32 Å². The lowest BCUT2D eigenvalue weighted by molar-refractivity contribution is 0.0916. The fraction of sp³-hybridized carbons (Fsp3) is 0.188. The highest BCUT2D eigenvalue weighted by Gasteiger charge is 2.10. The molecule has 4 N–H and O–H groups in total. The zero-order valence-electron chi connectivity index (χ0n) is 11.1. The Balaban J connectivity index is 1.91. The first-order chi connectivity index (χ1) is 9.70. The van der Waals surface area contributed by atoms with E-state index in [1.165, 1.54) is 0 Å². The Morgan fingerprint density at radius 2 is 1.75 bits per heavy atom. The summed E-state index contributed by atoms with van der Waals surface area (Å²) in [6, 6.07) is 16.3. The summed E-state index contributed by atoms with van der Waals surface area (Å²) in [5, 5.41) is 12.7. The minimum absolute atomic E-state index is 0.182. The molecule has 0 aliphatic heterocycles. The van der Waals surface area contributed by atoms with Crippen LogP contribution in [0.2, 0.25) is 0 Å². The zero-order chi connectivity index (χ0) is 14.4. The van der Waals surface area contributed by atoms with Crippen molar-refractivity contribution in [2.45, 2.75) is 12.6 Å². The number of amides is 1. The van der Waals surface area contributed by atoms with Crippen molar-refractivity contribution in [2.24, 2.45) is 5.73 Å². The predicted octanol–water partition coefficient (Wildman–Crippen LogP) is 1.61. The Kier molecular flexibility index (Phi) is 4.87. The van der Waals surface area contributed by atoms with Crippen molar-refractivity contribution in [3.8, 4) is 0 Å². The highest BCUT2D eigenvalue weighted by Crippen LogP contribution is 2.11. The van der Waals surface area contributed by atoms with Crippen LogP contribution in [-0.2, 0) is 6.54 Å². The zero-order valence-corrected chi connectivity index (χ0v) is 11.1. The number of rotatable bonds is 5. The third kappa shape index (κ3) is 3.66. The monoisotopic (exact) mass is 270 g/mol. The first kappa shape index (κ1) is 14.2. The minimum Gasteiger partial charge on any atom is -0.387 e. The van der Waals surface area contributed by atoms with E-state index >= 15 is 0 Å². The second kappa shape index (κ2) is 6.84. The highest BCUT2D eigenvalue weighted by atomic mass is 16.3. The summed E-state index contributed by atoms with van der Waals surface area (Å²) < 4.78 is 0. The SMILES string of the molecule is NCc1ccc(C(=O)NCC(O)c2ccccc2)cc1. The highest BCUT2D eigenvalue weighted by molar-refractivity contribution is 5.94. The molecule has 1 atom stereocenters. The standard InChI is InChI=1S/C16H18N2O2/c17-10-12-6-8-14(9-7-12)16(20)18-11-15(19)13-4-2-1-3-5-13/h1-9,15,19H,10-11,17H2,(H,18,20). The lowest BCUT2D eigenvalue weighted by Crippen LogP contribution is -2.28. The van der Waals surface area contributed by atoms with Crippen molar-refractivity contribution in [1.82, 2.24) is 5.32 Å². The first-order valence-electron chi connectivity index (χ1n) is 6.51. The summed E-state index contributed by atoms with van der Waals surface area (Å²) in [5.74, 6) is -0.205. The summed E-state index contributed by atoms with van der Waals surface area (Å²) in [6.45, 7) is 0.635. The van der Waals surface area contributed by atoms with Gasteiger partial charge in [-0.2, -0.15) is 0 Å². The Hall–Kier alpha value is -2.17. The summed E-state index contributed by atoms with van der Waals surface area (Å²) in [7, 11) is 0. The lowest BCUT2D eigenvalue weighted by atomic mass is 10.1. The van der Waals surface area contributed by atoms with Gasteiger partial charge in [0.25, 0.3) is 5.91 Å². The number of benzene rings is 2. The van der Waals surface area contributed by atoms with Gasteiger partial charge in [-0.15, -0.1) is 0 Å². The normalized spacial score (nSPS) is 11.9. The van der Waals surface area contributed by atoms with E-state index in [0.29, 0.717) is 12.1 Å². The molecule has 0 heterocycles. The van der Waals surface area contributed by atoms with Gasteiger partial charge in [-0.1, -0.05) is 42.5 Å². The van der Waals surface area contributed by atoms with Crippen LogP contribution in [0.25, 0.3) is 0 Å². The molecule has 1 amide bonds. The molecule has 0 bridgehead atoms. The van der Waals surface area contributed by atoms with Crippen LogP contribution in [0.3, 0.4) is 0 Å². The second-order valence-corrected chi connectivity index (χ2v) is 4.54. The predicted molar refractivity (Wildman–Crippen MR) is 78.1 cm³/mol. The number of hydrogen-bond donors (Lipinski definition) is 3. The van der Waals surface area contributed by atoms with Gasteiger partial charge in [0.05, 0.1) is 6.10 Å². The molecule has 0 radical (unpaired) electrons. The maximum absolute atomic E-state index is 11.9. The van der Waals surface area contributed by atoms with Gasteiger partial charge in [-0.25, -0.2) is 0 Å². The molecule has 2 aromatic carbocycles. The van der Waals surface area contributed by atoms with Crippen LogP contribution in [0, 0.1) is 0 Å². The molecule has 0 aromatic heterocycles. The van der Waals surface area contributed by atoms with E-state index in [4.69, 9.17) is 5.73 Å². The maximum Gasteiger partial charge on any atom is 0.251 e. The summed E-state index contributed by atoms with van der Waals surface area (Å²) in [6.07, 6.45) is -0.705. The Labute approximate surface area is 118 Å². The third-order valence-electron chi connectivity index (χ3n) is 3.09. The lowest BCUT2D eigenvalue weighted by Gasteiger charge is -2.12. The van der Waals surface area contributed by atoms with Crippen LogP contribution in [0.4, 0.5) is 0 Å². The molecule has 2 rings (SSSR count). The topological polar surface area (TPSA) is 75.4 Å². The first-order valence-corrected chi connectivity index (χ1v) is 6.51. The van der Waals surface area contributed by atoms with Gasteiger partial charge in [0.15, 0.2) is 0 Å².